The van der Waals surface area contributed by atoms with Crippen molar-refractivity contribution in [3.05, 3.63) is 0 Å². The van der Waals surface area contributed by atoms with Crippen LogP contribution in [0.2, 0.25) is 0 Å². The molecule has 0 saturated carbocycles. The number of rotatable bonds is 3. The second-order valence-electron chi connectivity index (χ2n) is 6.00. The molecule has 2 aliphatic heterocycles. The molecule has 1 atom stereocenters. The van der Waals surface area contributed by atoms with Gasteiger partial charge in [-0.1, -0.05) is 25.7 Å². The summed E-state index contributed by atoms with van der Waals surface area (Å²) < 4.78 is 0. The minimum Gasteiger partial charge on any atom is -0.342 e. The molecule has 19 heavy (non-hydrogen) atoms. The third kappa shape index (κ3) is 4.46. The first-order chi connectivity index (χ1) is 9.31. The van der Waals surface area contributed by atoms with Gasteiger partial charge in [0.05, 0.1) is 6.54 Å². The average Bonchev–Trinajstić information content (AvgIpc) is 2.80. The summed E-state index contributed by atoms with van der Waals surface area (Å²) in [5, 5.41) is 0. The molecule has 0 aliphatic carbocycles. The smallest absolute Gasteiger partial charge is 0.236 e. The first-order valence-corrected chi connectivity index (χ1v) is 8.03. The number of carbonyl (C=O) groups excluding carboxylic acids is 1. The fraction of sp³-hybridized carbons (Fsp3) is 0.933. The van der Waals surface area contributed by atoms with E-state index in [0.29, 0.717) is 25.0 Å². The zero-order valence-electron chi connectivity index (χ0n) is 12.1. The van der Waals surface area contributed by atoms with Crippen LogP contribution in [0.3, 0.4) is 0 Å². The lowest BCUT2D eigenvalue weighted by molar-refractivity contribution is -0.132. The molecule has 1 unspecified atom stereocenters. The van der Waals surface area contributed by atoms with E-state index in [4.69, 9.17) is 5.73 Å². The first-order valence-electron chi connectivity index (χ1n) is 8.03. The van der Waals surface area contributed by atoms with Crippen LogP contribution in [0.15, 0.2) is 0 Å². The predicted octanol–water partition coefficient (Wildman–Crippen LogP) is 1.59. The molecular weight excluding hydrogens is 238 g/mol. The van der Waals surface area contributed by atoms with Gasteiger partial charge < -0.3 is 10.6 Å². The molecule has 0 spiro atoms. The highest BCUT2D eigenvalue weighted by Gasteiger charge is 2.24. The lowest BCUT2D eigenvalue weighted by Gasteiger charge is -2.30. The Balaban J connectivity index is 1.87. The normalized spacial score (nSPS) is 26.8. The number of nitrogens with two attached hydrogens (primary N) is 1. The molecule has 2 N–H and O–H groups in total. The molecule has 2 saturated heterocycles. The molecule has 110 valence electrons. The Kier molecular flexibility index (Phi) is 6.11. The fourth-order valence-corrected chi connectivity index (χ4v) is 3.31. The van der Waals surface area contributed by atoms with E-state index in [1.54, 1.807) is 0 Å². The number of nitrogens with zero attached hydrogens (tertiary/aromatic N) is 2. The highest BCUT2D eigenvalue weighted by Crippen LogP contribution is 2.17. The average molecular weight is 267 g/mol. The van der Waals surface area contributed by atoms with Crippen molar-refractivity contribution in [3.8, 4) is 0 Å². The third-order valence-electron chi connectivity index (χ3n) is 4.57. The number of hydrogen-bond acceptors (Lipinski definition) is 3. The molecule has 0 aromatic carbocycles. The van der Waals surface area contributed by atoms with Gasteiger partial charge in [-0.2, -0.15) is 0 Å². The first kappa shape index (κ1) is 14.8. The van der Waals surface area contributed by atoms with E-state index in [2.05, 4.69) is 9.80 Å². The van der Waals surface area contributed by atoms with E-state index in [1.807, 2.05) is 0 Å². The van der Waals surface area contributed by atoms with Crippen molar-refractivity contribution in [1.29, 1.82) is 0 Å². The van der Waals surface area contributed by atoms with Gasteiger partial charge in [-0.25, -0.2) is 0 Å². The zero-order valence-corrected chi connectivity index (χ0v) is 12.1. The SMILES string of the molecule is NCC1CCCCCN1CC(=O)N1CCCCCC1. The van der Waals surface area contributed by atoms with Crippen molar-refractivity contribution in [2.75, 3.05) is 32.7 Å². The monoisotopic (exact) mass is 267 g/mol. The highest BCUT2D eigenvalue weighted by atomic mass is 16.2. The predicted molar refractivity (Wildman–Crippen MR) is 77.9 cm³/mol. The van der Waals surface area contributed by atoms with Gasteiger partial charge in [0, 0.05) is 25.7 Å². The van der Waals surface area contributed by atoms with Gasteiger partial charge in [-0.3, -0.25) is 9.69 Å². The molecule has 0 aromatic rings. The summed E-state index contributed by atoms with van der Waals surface area (Å²) in [6.07, 6.45) is 9.81. The van der Waals surface area contributed by atoms with Crippen LogP contribution >= 0.6 is 0 Å². The molecule has 4 nitrogen and oxygen atoms in total. The second-order valence-corrected chi connectivity index (χ2v) is 6.00. The second kappa shape index (κ2) is 7.85. The van der Waals surface area contributed by atoms with E-state index < -0.39 is 0 Å². The van der Waals surface area contributed by atoms with E-state index >= 15 is 0 Å². The van der Waals surface area contributed by atoms with Crippen molar-refractivity contribution in [3.63, 3.8) is 0 Å². The maximum atomic E-state index is 12.4. The number of likely N-dealkylation sites (tertiary alicyclic amines) is 2. The summed E-state index contributed by atoms with van der Waals surface area (Å²) in [4.78, 5) is 16.8. The zero-order chi connectivity index (χ0) is 13.5. The molecule has 2 rings (SSSR count). The van der Waals surface area contributed by atoms with Gasteiger partial charge in [0.1, 0.15) is 0 Å². The minimum atomic E-state index is 0.322. The maximum Gasteiger partial charge on any atom is 0.236 e. The Labute approximate surface area is 117 Å². The third-order valence-corrected chi connectivity index (χ3v) is 4.57. The van der Waals surface area contributed by atoms with Crippen molar-refractivity contribution >= 4 is 5.91 Å². The summed E-state index contributed by atoms with van der Waals surface area (Å²) in [6.45, 7) is 4.23. The topological polar surface area (TPSA) is 49.6 Å². The number of hydrogen-bond donors (Lipinski definition) is 1. The van der Waals surface area contributed by atoms with E-state index in [-0.39, 0.29) is 0 Å². The molecule has 0 radical (unpaired) electrons. The van der Waals surface area contributed by atoms with Gasteiger partial charge >= 0.3 is 0 Å². The van der Waals surface area contributed by atoms with Gasteiger partial charge in [0.2, 0.25) is 5.91 Å². The lowest BCUT2D eigenvalue weighted by Crippen LogP contribution is -2.47. The van der Waals surface area contributed by atoms with E-state index in [1.165, 1.54) is 44.9 Å². The van der Waals surface area contributed by atoms with Crippen LogP contribution in [0, 0.1) is 0 Å². The Hall–Kier alpha value is -0.610. The summed E-state index contributed by atoms with van der Waals surface area (Å²) in [6, 6.07) is 0.415. The molecule has 0 bridgehead atoms. The van der Waals surface area contributed by atoms with Gasteiger partial charge in [0.25, 0.3) is 0 Å². The van der Waals surface area contributed by atoms with Gasteiger partial charge in [-0.05, 0) is 32.2 Å². The van der Waals surface area contributed by atoms with E-state index in [0.717, 1.165) is 26.1 Å². The molecule has 0 aromatic heterocycles. The van der Waals surface area contributed by atoms with Crippen LogP contribution in [-0.2, 0) is 4.79 Å². The molecule has 2 aliphatic rings. The van der Waals surface area contributed by atoms with Crippen molar-refractivity contribution in [2.45, 2.75) is 57.4 Å². The number of carbonyl (C=O) groups is 1. The van der Waals surface area contributed by atoms with Crippen LogP contribution in [0.25, 0.3) is 0 Å². The summed E-state index contributed by atoms with van der Waals surface area (Å²) in [5.41, 5.74) is 5.88. The van der Waals surface area contributed by atoms with Crippen LogP contribution in [-0.4, -0.2) is 54.5 Å². The molecular formula is C15H29N3O. The van der Waals surface area contributed by atoms with Gasteiger partial charge in [0.15, 0.2) is 0 Å². The van der Waals surface area contributed by atoms with Crippen LogP contribution in [0.1, 0.15) is 51.4 Å². The quantitative estimate of drug-likeness (QED) is 0.845. The van der Waals surface area contributed by atoms with Crippen LogP contribution in [0.4, 0.5) is 0 Å². The highest BCUT2D eigenvalue weighted by molar-refractivity contribution is 5.78. The molecule has 2 fully saturated rings. The molecule has 2 heterocycles. The summed E-state index contributed by atoms with van der Waals surface area (Å²) in [5.74, 6) is 0.322. The Morgan fingerprint density at radius 3 is 2.26 bits per heavy atom. The Morgan fingerprint density at radius 1 is 0.947 bits per heavy atom. The minimum absolute atomic E-state index is 0.322. The lowest BCUT2D eigenvalue weighted by atomic mass is 10.1. The largest absolute Gasteiger partial charge is 0.342 e. The van der Waals surface area contributed by atoms with Crippen molar-refractivity contribution in [1.82, 2.24) is 9.80 Å². The fourth-order valence-electron chi connectivity index (χ4n) is 3.31. The maximum absolute atomic E-state index is 12.4. The number of amides is 1. The van der Waals surface area contributed by atoms with E-state index in [9.17, 15) is 4.79 Å². The van der Waals surface area contributed by atoms with Crippen molar-refractivity contribution in [2.24, 2.45) is 5.73 Å². The molecule has 4 heteroatoms. The Morgan fingerprint density at radius 2 is 1.58 bits per heavy atom. The van der Waals surface area contributed by atoms with Crippen LogP contribution in [0.5, 0.6) is 0 Å². The van der Waals surface area contributed by atoms with Gasteiger partial charge in [-0.15, -0.1) is 0 Å². The molecule has 1 amide bonds. The Bertz CT molecular complexity index is 275. The standard InChI is InChI=1S/C15H29N3O/c16-12-14-8-4-3-7-11-18(14)13-15(19)17-9-5-1-2-6-10-17/h14H,1-13,16H2. The van der Waals surface area contributed by atoms with Crippen LogP contribution < -0.4 is 5.73 Å². The summed E-state index contributed by atoms with van der Waals surface area (Å²) >= 11 is 0. The van der Waals surface area contributed by atoms with Crippen molar-refractivity contribution < 1.29 is 4.79 Å². The summed E-state index contributed by atoms with van der Waals surface area (Å²) in [7, 11) is 0.